The highest BCUT2D eigenvalue weighted by Crippen LogP contribution is 2.44. The summed E-state index contributed by atoms with van der Waals surface area (Å²) in [6.45, 7) is 2.54. The van der Waals surface area contributed by atoms with Crippen LogP contribution in [0.5, 0.6) is 0 Å². The zero-order valence-corrected chi connectivity index (χ0v) is 15.4. The van der Waals surface area contributed by atoms with Gasteiger partial charge in [-0.2, -0.15) is 5.06 Å². The second-order valence-corrected chi connectivity index (χ2v) is 7.15. The molecule has 0 spiro atoms. The van der Waals surface area contributed by atoms with Crippen molar-refractivity contribution in [2.75, 3.05) is 13.1 Å². The molecule has 3 unspecified atom stereocenters. The Morgan fingerprint density at radius 2 is 1.88 bits per heavy atom. The second-order valence-electron chi connectivity index (χ2n) is 6.23. The van der Waals surface area contributed by atoms with Crippen molar-refractivity contribution in [3.05, 3.63) is 34.3 Å². The predicted molar refractivity (Wildman–Crippen MR) is 92.8 cm³/mol. The van der Waals surface area contributed by atoms with Gasteiger partial charge in [0.1, 0.15) is 0 Å². The molecule has 0 aromatic heterocycles. The predicted octanol–water partition coefficient (Wildman–Crippen LogP) is 1.38. The molecule has 3 atom stereocenters. The van der Waals surface area contributed by atoms with E-state index in [1.165, 1.54) is 4.90 Å². The molecule has 0 bridgehead atoms. The first-order valence-electron chi connectivity index (χ1n) is 8.26. The van der Waals surface area contributed by atoms with Gasteiger partial charge in [0, 0.05) is 24.0 Å². The Bertz CT molecular complexity index is 694. The van der Waals surface area contributed by atoms with Crippen LogP contribution in [0, 0.1) is 5.92 Å². The number of carbonyl (C=O) groups excluding carboxylic acids is 3. The maximum atomic E-state index is 12.8. The Morgan fingerprint density at radius 3 is 2.48 bits per heavy atom. The summed E-state index contributed by atoms with van der Waals surface area (Å²) in [5.74, 6) is -1.58. The fourth-order valence-corrected chi connectivity index (χ4v) is 3.68. The largest absolute Gasteiger partial charge is 0.370 e. The molecule has 2 saturated heterocycles. The number of likely N-dealkylation sites (tertiary alicyclic amines) is 1. The van der Waals surface area contributed by atoms with E-state index >= 15 is 0 Å². The second kappa shape index (κ2) is 7.23. The molecule has 2 aliphatic heterocycles. The molecule has 2 aliphatic rings. The van der Waals surface area contributed by atoms with Crippen LogP contribution in [-0.2, 0) is 19.2 Å². The smallest absolute Gasteiger partial charge is 0.261 e. The molecule has 2 heterocycles. The topological polar surface area (TPSA) is 92.9 Å². The van der Waals surface area contributed by atoms with Gasteiger partial charge in [0.05, 0.1) is 12.0 Å². The summed E-state index contributed by atoms with van der Waals surface area (Å²) in [6, 6.07) is 7.10. The molecule has 0 aliphatic carbocycles. The lowest BCUT2D eigenvalue weighted by atomic mass is 9.91. The summed E-state index contributed by atoms with van der Waals surface area (Å²) in [5, 5.41) is 1.56. The van der Waals surface area contributed by atoms with E-state index in [1.54, 1.807) is 5.06 Å². The number of fused-ring (bicyclic) bond motifs is 1. The van der Waals surface area contributed by atoms with E-state index in [2.05, 4.69) is 15.9 Å². The lowest BCUT2D eigenvalue weighted by Crippen LogP contribution is -2.38. The van der Waals surface area contributed by atoms with Crippen molar-refractivity contribution in [2.45, 2.75) is 31.9 Å². The van der Waals surface area contributed by atoms with Crippen molar-refractivity contribution in [2.24, 2.45) is 11.7 Å². The zero-order chi connectivity index (χ0) is 18.1. The number of imide groups is 1. The van der Waals surface area contributed by atoms with Gasteiger partial charge in [0.25, 0.3) is 5.91 Å². The van der Waals surface area contributed by atoms with E-state index in [9.17, 15) is 14.4 Å². The number of amides is 3. The first-order chi connectivity index (χ1) is 11.9. The molecule has 1 aromatic rings. The van der Waals surface area contributed by atoms with Gasteiger partial charge >= 0.3 is 0 Å². The Labute approximate surface area is 154 Å². The Kier molecular flexibility index (Phi) is 5.21. The van der Waals surface area contributed by atoms with Gasteiger partial charge in [0.15, 0.2) is 6.10 Å². The van der Waals surface area contributed by atoms with E-state index in [0.29, 0.717) is 13.0 Å². The van der Waals surface area contributed by atoms with E-state index in [-0.39, 0.29) is 24.8 Å². The molecule has 3 amide bonds. The van der Waals surface area contributed by atoms with Crippen molar-refractivity contribution < 1.29 is 19.2 Å². The molecule has 7 nitrogen and oxygen atoms in total. The SMILES string of the molecule is CCCN1C(=O)C2ON(CCC(N)=O)C(c3ccc(Br)cc3)C2C1=O. The number of hydrogen-bond acceptors (Lipinski definition) is 5. The number of nitrogens with two attached hydrogens (primary N) is 1. The minimum atomic E-state index is -0.833. The first kappa shape index (κ1) is 18.0. The highest BCUT2D eigenvalue weighted by Gasteiger charge is 2.59. The fourth-order valence-electron chi connectivity index (χ4n) is 3.42. The maximum Gasteiger partial charge on any atom is 0.261 e. The van der Waals surface area contributed by atoms with Crippen molar-refractivity contribution >= 4 is 33.7 Å². The molecular formula is C17H20BrN3O4. The number of hydrogen-bond donors (Lipinski definition) is 1. The van der Waals surface area contributed by atoms with Gasteiger partial charge in [-0.05, 0) is 24.1 Å². The molecule has 134 valence electrons. The lowest BCUT2D eigenvalue weighted by Gasteiger charge is -2.26. The fraction of sp³-hybridized carbons (Fsp3) is 0.471. The Morgan fingerprint density at radius 1 is 1.20 bits per heavy atom. The van der Waals surface area contributed by atoms with Crippen LogP contribution in [0.15, 0.2) is 28.7 Å². The number of halogens is 1. The summed E-state index contributed by atoms with van der Waals surface area (Å²) in [5.41, 5.74) is 6.10. The van der Waals surface area contributed by atoms with Crippen LogP contribution >= 0.6 is 15.9 Å². The van der Waals surface area contributed by atoms with Crippen LogP contribution in [0.1, 0.15) is 31.4 Å². The van der Waals surface area contributed by atoms with Gasteiger partial charge in [-0.1, -0.05) is 35.0 Å². The standard InChI is InChI=1S/C17H20BrN3O4/c1-2-8-20-16(23)13-14(10-3-5-11(18)6-4-10)21(9-7-12(19)22)25-15(13)17(20)24/h3-6,13-15H,2,7-9H2,1H3,(H2,19,22). The summed E-state index contributed by atoms with van der Waals surface area (Å²) < 4.78 is 0.914. The summed E-state index contributed by atoms with van der Waals surface area (Å²) in [7, 11) is 0. The number of primary amides is 1. The average Bonchev–Trinajstić information content (AvgIpc) is 3.06. The van der Waals surface area contributed by atoms with Crippen LogP contribution in [0.25, 0.3) is 0 Å². The van der Waals surface area contributed by atoms with Crippen LogP contribution in [-0.4, -0.2) is 46.9 Å². The monoisotopic (exact) mass is 409 g/mol. The minimum Gasteiger partial charge on any atom is -0.370 e. The van der Waals surface area contributed by atoms with Gasteiger partial charge in [-0.15, -0.1) is 0 Å². The molecular weight excluding hydrogens is 390 g/mol. The summed E-state index contributed by atoms with van der Waals surface area (Å²) in [4.78, 5) is 43.6. The van der Waals surface area contributed by atoms with Crippen molar-refractivity contribution in [3.63, 3.8) is 0 Å². The van der Waals surface area contributed by atoms with Gasteiger partial charge < -0.3 is 5.73 Å². The van der Waals surface area contributed by atoms with E-state index in [4.69, 9.17) is 10.6 Å². The molecule has 3 rings (SSSR count). The molecule has 2 fully saturated rings. The lowest BCUT2D eigenvalue weighted by molar-refractivity contribution is -0.180. The van der Waals surface area contributed by atoms with E-state index in [0.717, 1.165) is 10.0 Å². The maximum absolute atomic E-state index is 12.8. The van der Waals surface area contributed by atoms with Gasteiger partial charge in [0.2, 0.25) is 11.8 Å². The first-order valence-corrected chi connectivity index (χ1v) is 9.05. The van der Waals surface area contributed by atoms with Crippen molar-refractivity contribution in [1.29, 1.82) is 0 Å². The molecule has 0 saturated carbocycles. The van der Waals surface area contributed by atoms with Gasteiger partial charge in [-0.25, -0.2) is 0 Å². The summed E-state index contributed by atoms with van der Waals surface area (Å²) >= 11 is 3.39. The molecule has 2 N–H and O–H groups in total. The molecule has 25 heavy (non-hydrogen) atoms. The van der Waals surface area contributed by atoms with Crippen molar-refractivity contribution in [1.82, 2.24) is 9.96 Å². The normalized spacial score (nSPS) is 26.3. The summed E-state index contributed by atoms with van der Waals surface area (Å²) in [6.07, 6.45) is -0.0423. The molecule has 8 heteroatoms. The van der Waals surface area contributed by atoms with Crippen molar-refractivity contribution in [3.8, 4) is 0 Å². The number of rotatable bonds is 6. The van der Waals surface area contributed by atoms with Crippen LogP contribution in [0.4, 0.5) is 0 Å². The highest BCUT2D eigenvalue weighted by molar-refractivity contribution is 9.10. The van der Waals surface area contributed by atoms with E-state index in [1.807, 2.05) is 31.2 Å². The van der Waals surface area contributed by atoms with Gasteiger partial charge in [-0.3, -0.25) is 24.1 Å². The third kappa shape index (κ3) is 3.33. The Balaban J connectivity index is 1.93. The number of hydroxylamine groups is 2. The quantitative estimate of drug-likeness (QED) is 0.716. The van der Waals surface area contributed by atoms with Crippen LogP contribution < -0.4 is 5.73 Å². The number of nitrogens with zero attached hydrogens (tertiary/aromatic N) is 2. The minimum absolute atomic E-state index is 0.0908. The third-order valence-corrected chi connectivity index (χ3v) is 5.05. The van der Waals surface area contributed by atoms with Crippen LogP contribution in [0.2, 0.25) is 0 Å². The average molecular weight is 410 g/mol. The third-order valence-electron chi connectivity index (χ3n) is 4.52. The molecule has 0 radical (unpaired) electrons. The van der Waals surface area contributed by atoms with Crippen LogP contribution in [0.3, 0.4) is 0 Å². The van der Waals surface area contributed by atoms with E-state index < -0.39 is 24.0 Å². The Hall–Kier alpha value is -1.77. The number of carbonyl (C=O) groups is 3. The number of benzene rings is 1. The highest BCUT2D eigenvalue weighted by atomic mass is 79.9. The molecule has 1 aromatic carbocycles. The zero-order valence-electron chi connectivity index (χ0n) is 13.9.